The van der Waals surface area contributed by atoms with Gasteiger partial charge in [0.05, 0.1) is 11.6 Å². The first-order valence-electron chi connectivity index (χ1n) is 7.41. The number of rotatable bonds is 6. The summed E-state index contributed by atoms with van der Waals surface area (Å²) in [4.78, 5) is 12.4. The van der Waals surface area contributed by atoms with Gasteiger partial charge in [-0.25, -0.2) is 0 Å². The molecule has 0 radical (unpaired) electrons. The lowest BCUT2D eigenvalue weighted by atomic mass is 9.87. The second-order valence-corrected chi connectivity index (χ2v) is 6.63. The molecule has 0 saturated heterocycles. The molecule has 2 rings (SSSR count). The van der Waals surface area contributed by atoms with E-state index >= 15 is 0 Å². The fourth-order valence-corrected chi connectivity index (χ4v) is 2.95. The third-order valence-electron chi connectivity index (χ3n) is 4.15. The van der Waals surface area contributed by atoms with Crippen LogP contribution in [0.5, 0.6) is 5.75 Å². The standard InChI is InChI=1S/C17H23ClO3/c1-17(2)8-7-13(16(17)19)12-5-6-14(18)15(11-12)21-10-4-9-20-3/h5-6,11,13H,4,7-10H2,1-3H3. The Labute approximate surface area is 131 Å². The minimum absolute atomic E-state index is 0.0291. The fraction of sp³-hybridized carbons (Fsp3) is 0.588. The van der Waals surface area contributed by atoms with E-state index in [9.17, 15) is 4.79 Å². The summed E-state index contributed by atoms with van der Waals surface area (Å²) in [7, 11) is 1.67. The van der Waals surface area contributed by atoms with Gasteiger partial charge in [-0.15, -0.1) is 0 Å². The molecule has 3 nitrogen and oxygen atoms in total. The number of methoxy groups -OCH3 is 1. The Morgan fingerprint density at radius 2 is 2.10 bits per heavy atom. The zero-order valence-corrected chi connectivity index (χ0v) is 13.7. The first kappa shape index (κ1) is 16.3. The van der Waals surface area contributed by atoms with Crippen LogP contribution in [0.3, 0.4) is 0 Å². The molecule has 116 valence electrons. The molecule has 1 unspecified atom stereocenters. The smallest absolute Gasteiger partial charge is 0.145 e. The van der Waals surface area contributed by atoms with E-state index in [1.807, 2.05) is 32.0 Å². The molecule has 1 atom stereocenters. The molecule has 1 fully saturated rings. The maximum atomic E-state index is 12.4. The summed E-state index contributed by atoms with van der Waals surface area (Å²) < 4.78 is 10.7. The molecule has 4 heteroatoms. The fourth-order valence-electron chi connectivity index (χ4n) is 2.78. The monoisotopic (exact) mass is 310 g/mol. The molecule has 0 spiro atoms. The highest BCUT2D eigenvalue weighted by atomic mass is 35.5. The lowest BCUT2D eigenvalue weighted by molar-refractivity contribution is -0.125. The van der Waals surface area contributed by atoms with Crippen LogP contribution in [0.1, 0.15) is 44.6 Å². The predicted molar refractivity (Wildman–Crippen MR) is 84.2 cm³/mol. The molecule has 0 bridgehead atoms. The number of benzene rings is 1. The summed E-state index contributed by atoms with van der Waals surface area (Å²) in [5.41, 5.74) is 0.792. The molecular formula is C17H23ClO3. The van der Waals surface area contributed by atoms with Crippen molar-refractivity contribution in [1.82, 2.24) is 0 Å². The van der Waals surface area contributed by atoms with Crippen LogP contribution in [0.4, 0.5) is 0 Å². The van der Waals surface area contributed by atoms with E-state index in [1.54, 1.807) is 7.11 Å². The van der Waals surface area contributed by atoms with Gasteiger partial charge in [0.1, 0.15) is 11.5 Å². The van der Waals surface area contributed by atoms with Crippen molar-refractivity contribution in [2.75, 3.05) is 20.3 Å². The number of halogens is 1. The minimum atomic E-state index is -0.218. The normalized spacial score (nSPS) is 20.8. The predicted octanol–water partition coefficient (Wildman–Crippen LogP) is 4.23. The summed E-state index contributed by atoms with van der Waals surface area (Å²) in [6.45, 7) is 5.26. The van der Waals surface area contributed by atoms with Crippen LogP contribution >= 0.6 is 11.6 Å². The van der Waals surface area contributed by atoms with Crippen molar-refractivity contribution in [3.8, 4) is 5.75 Å². The van der Waals surface area contributed by atoms with Crippen molar-refractivity contribution in [3.05, 3.63) is 28.8 Å². The Hall–Kier alpha value is -1.06. The lowest BCUT2D eigenvalue weighted by Crippen LogP contribution is -2.20. The topological polar surface area (TPSA) is 35.5 Å². The maximum Gasteiger partial charge on any atom is 0.145 e. The maximum absolute atomic E-state index is 12.4. The van der Waals surface area contributed by atoms with Crippen molar-refractivity contribution < 1.29 is 14.3 Å². The highest BCUT2D eigenvalue weighted by Crippen LogP contribution is 2.44. The van der Waals surface area contributed by atoms with Crippen LogP contribution in [-0.4, -0.2) is 26.1 Å². The number of Topliss-reactive ketones (excluding diaryl/α,β-unsaturated/α-hetero) is 1. The zero-order chi connectivity index (χ0) is 15.5. The molecule has 1 aromatic carbocycles. The van der Waals surface area contributed by atoms with Gasteiger partial charge in [0.25, 0.3) is 0 Å². The van der Waals surface area contributed by atoms with Crippen molar-refractivity contribution in [2.24, 2.45) is 5.41 Å². The largest absolute Gasteiger partial charge is 0.492 e. The van der Waals surface area contributed by atoms with Crippen molar-refractivity contribution in [2.45, 2.75) is 39.0 Å². The van der Waals surface area contributed by atoms with E-state index < -0.39 is 0 Å². The molecule has 0 amide bonds. The highest BCUT2D eigenvalue weighted by molar-refractivity contribution is 6.32. The van der Waals surface area contributed by atoms with E-state index in [4.69, 9.17) is 21.1 Å². The zero-order valence-electron chi connectivity index (χ0n) is 12.9. The second-order valence-electron chi connectivity index (χ2n) is 6.22. The van der Waals surface area contributed by atoms with Gasteiger partial charge in [0.2, 0.25) is 0 Å². The summed E-state index contributed by atoms with van der Waals surface area (Å²) in [5.74, 6) is 0.941. The van der Waals surface area contributed by atoms with E-state index in [-0.39, 0.29) is 11.3 Å². The molecule has 21 heavy (non-hydrogen) atoms. The minimum Gasteiger partial charge on any atom is -0.492 e. The highest BCUT2D eigenvalue weighted by Gasteiger charge is 2.41. The molecule has 0 heterocycles. The van der Waals surface area contributed by atoms with Gasteiger partial charge >= 0.3 is 0 Å². The van der Waals surface area contributed by atoms with Gasteiger partial charge in [-0.05, 0) is 30.5 Å². The Kier molecular flexibility index (Phi) is 5.28. The van der Waals surface area contributed by atoms with E-state index in [0.717, 1.165) is 24.8 Å². The van der Waals surface area contributed by atoms with E-state index in [0.29, 0.717) is 29.8 Å². The molecule has 0 aliphatic heterocycles. The number of hydrogen-bond donors (Lipinski definition) is 0. The van der Waals surface area contributed by atoms with E-state index in [1.165, 1.54) is 0 Å². The Bertz CT molecular complexity index is 511. The average molecular weight is 311 g/mol. The number of carbonyl (C=O) groups excluding carboxylic acids is 1. The Morgan fingerprint density at radius 1 is 1.33 bits per heavy atom. The van der Waals surface area contributed by atoms with Gasteiger partial charge in [0.15, 0.2) is 0 Å². The molecule has 0 N–H and O–H groups in total. The number of ketones is 1. The molecule has 0 aromatic heterocycles. The molecule has 1 aliphatic rings. The van der Waals surface area contributed by atoms with Gasteiger partial charge in [-0.2, -0.15) is 0 Å². The van der Waals surface area contributed by atoms with Crippen LogP contribution in [0.25, 0.3) is 0 Å². The number of carbonyl (C=O) groups is 1. The Morgan fingerprint density at radius 3 is 2.71 bits per heavy atom. The third-order valence-corrected chi connectivity index (χ3v) is 4.46. The van der Waals surface area contributed by atoms with Crippen LogP contribution in [0.15, 0.2) is 18.2 Å². The summed E-state index contributed by atoms with van der Waals surface area (Å²) in [5, 5.41) is 0.584. The molecule has 1 saturated carbocycles. The van der Waals surface area contributed by atoms with Gasteiger partial charge in [-0.3, -0.25) is 4.79 Å². The molecular weight excluding hydrogens is 288 g/mol. The van der Waals surface area contributed by atoms with Crippen molar-refractivity contribution in [3.63, 3.8) is 0 Å². The second kappa shape index (κ2) is 6.80. The van der Waals surface area contributed by atoms with Crippen LogP contribution in [0, 0.1) is 5.41 Å². The molecule has 1 aromatic rings. The summed E-state index contributed by atoms with van der Waals surface area (Å²) >= 11 is 6.17. The van der Waals surface area contributed by atoms with Gasteiger partial charge < -0.3 is 9.47 Å². The third kappa shape index (κ3) is 3.78. The SMILES string of the molecule is COCCCOc1cc(C2CCC(C)(C)C2=O)ccc1Cl. The number of ether oxygens (including phenoxy) is 2. The van der Waals surface area contributed by atoms with Crippen molar-refractivity contribution >= 4 is 17.4 Å². The summed E-state index contributed by atoms with van der Waals surface area (Å²) in [6, 6.07) is 5.68. The lowest BCUT2D eigenvalue weighted by Gasteiger charge is -2.17. The van der Waals surface area contributed by atoms with Crippen LogP contribution in [0.2, 0.25) is 5.02 Å². The van der Waals surface area contributed by atoms with Crippen LogP contribution < -0.4 is 4.74 Å². The first-order valence-corrected chi connectivity index (χ1v) is 7.79. The van der Waals surface area contributed by atoms with E-state index in [2.05, 4.69) is 0 Å². The van der Waals surface area contributed by atoms with Crippen LogP contribution in [-0.2, 0) is 9.53 Å². The quantitative estimate of drug-likeness (QED) is 0.738. The first-order chi connectivity index (χ1) is 9.95. The van der Waals surface area contributed by atoms with Gasteiger partial charge in [0, 0.05) is 31.5 Å². The number of hydrogen-bond acceptors (Lipinski definition) is 3. The van der Waals surface area contributed by atoms with Crippen molar-refractivity contribution in [1.29, 1.82) is 0 Å². The average Bonchev–Trinajstić information content (AvgIpc) is 2.72. The van der Waals surface area contributed by atoms with Gasteiger partial charge in [-0.1, -0.05) is 31.5 Å². The summed E-state index contributed by atoms with van der Waals surface area (Å²) in [6.07, 6.45) is 2.65. The molecule has 1 aliphatic carbocycles. The Balaban J connectivity index is 2.10.